The molecule has 1 unspecified atom stereocenters. The van der Waals surface area contributed by atoms with Crippen LogP contribution >= 0.6 is 23.2 Å². The van der Waals surface area contributed by atoms with Crippen LogP contribution in [0.3, 0.4) is 0 Å². The van der Waals surface area contributed by atoms with Crippen molar-refractivity contribution >= 4 is 23.2 Å². The van der Waals surface area contributed by atoms with E-state index < -0.39 is 0 Å². The Kier molecular flexibility index (Phi) is 4.48. The summed E-state index contributed by atoms with van der Waals surface area (Å²) in [5, 5.41) is 4.48. The highest BCUT2D eigenvalue weighted by atomic mass is 35.5. The molecule has 5 heteroatoms. The van der Waals surface area contributed by atoms with Crippen LogP contribution in [0.4, 0.5) is 0 Å². The number of ether oxygens (including phenoxy) is 2. The van der Waals surface area contributed by atoms with E-state index in [2.05, 4.69) is 5.32 Å². The lowest BCUT2D eigenvalue weighted by atomic mass is 9.99. The Morgan fingerprint density at radius 3 is 2.68 bits per heavy atom. The molecule has 22 heavy (non-hydrogen) atoms. The highest BCUT2D eigenvalue weighted by Crippen LogP contribution is 2.44. The second-order valence-corrected chi connectivity index (χ2v) is 6.16. The van der Waals surface area contributed by atoms with E-state index in [1.165, 1.54) is 0 Å². The fourth-order valence-corrected chi connectivity index (χ4v) is 3.24. The van der Waals surface area contributed by atoms with Crippen molar-refractivity contribution in [3.05, 3.63) is 45.9 Å². The molecule has 0 saturated carbocycles. The number of nitrogens with one attached hydrogen (secondary N) is 1. The molecule has 0 aliphatic carbocycles. The Morgan fingerprint density at radius 1 is 1.18 bits per heavy atom. The Balaban J connectivity index is 2.12. The first-order valence-electron chi connectivity index (χ1n) is 7.10. The summed E-state index contributed by atoms with van der Waals surface area (Å²) in [4.78, 5) is 0. The first-order chi connectivity index (χ1) is 10.6. The fourth-order valence-electron chi connectivity index (χ4n) is 2.83. The van der Waals surface area contributed by atoms with Gasteiger partial charge in [-0.2, -0.15) is 0 Å². The quantitative estimate of drug-likeness (QED) is 0.907. The Morgan fingerprint density at radius 2 is 1.95 bits per heavy atom. The summed E-state index contributed by atoms with van der Waals surface area (Å²) in [7, 11) is 3.56. The number of methoxy groups -OCH3 is 1. The lowest BCUT2D eigenvalue weighted by Crippen LogP contribution is -2.27. The topological polar surface area (TPSA) is 30.5 Å². The van der Waals surface area contributed by atoms with Crippen molar-refractivity contribution in [1.82, 2.24) is 5.32 Å². The van der Waals surface area contributed by atoms with Gasteiger partial charge in [0, 0.05) is 34.1 Å². The van der Waals surface area contributed by atoms with Crippen LogP contribution in [-0.2, 0) is 6.42 Å². The molecule has 0 saturated heterocycles. The van der Waals surface area contributed by atoms with Gasteiger partial charge in [-0.3, -0.25) is 0 Å². The summed E-state index contributed by atoms with van der Waals surface area (Å²) >= 11 is 12.4. The summed E-state index contributed by atoms with van der Waals surface area (Å²) in [6.45, 7) is 0.790. The fraction of sp³-hybridized carbons (Fsp3) is 0.294. The number of fused-ring (bicyclic) bond motifs is 1. The molecule has 1 N–H and O–H groups in total. The zero-order chi connectivity index (χ0) is 15.7. The number of halogens is 2. The minimum absolute atomic E-state index is 0.113. The predicted octanol–water partition coefficient (Wildman–Crippen LogP) is 4.19. The molecule has 1 heterocycles. The number of hydrogen-bond acceptors (Lipinski definition) is 3. The third-order valence-electron chi connectivity index (χ3n) is 3.75. The number of rotatable bonds is 4. The summed E-state index contributed by atoms with van der Waals surface area (Å²) in [5.41, 5.74) is 2.92. The average molecular weight is 338 g/mol. The van der Waals surface area contributed by atoms with Crippen LogP contribution in [0, 0.1) is 0 Å². The Bertz CT molecular complexity index is 703. The van der Waals surface area contributed by atoms with E-state index in [9.17, 15) is 0 Å². The summed E-state index contributed by atoms with van der Waals surface area (Å²) in [5.74, 6) is 1.61. The first-order valence-corrected chi connectivity index (χ1v) is 7.85. The summed E-state index contributed by atoms with van der Waals surface area (Å²) in [6.07, 6.45) is 0.953. The van der Waals surface area contributed by atoms with E-state index in [4.69, 9.17) is 32.7 Å². The average Bonchev–Trinajstić information content (AvgIpc) is 2.89. The molecule has 3 rings (SSSR count). The number of benzene rings is 2. The van der Waals surface area contributed by atoms with Gasteiger partial charge in [-0.05, 0) is 42.9 Å². The van der Waals surface area contributed by atoms with E-state index >= 15 is 0 Å². The van der Waals surface area contributed by atoms with Crippen LogP contribution < -0.4 is 14.8 Å². The molecule has 0 radical (unpaired) electrons. The van der Waals surface area contributed by atoms with Gasteiger partial charge in [-0.15, -0.1) is 0 Å². The minimum Gasteiger partial charge on any atom is -0.496 e. The van der Waals surface area contributed by atoms with E-state index in [1.807, 2.05) is 31.3 Å². The van der Waals surface area contributed by atoms with Gasteiger partial charge in [0.1, 0.15) is 17.6 Å². The van der Waals surface area contributed by atoms with Crippen LogP contribution in [0.25, 0.3) is 11.1 Å². The third kappa shape index (κ3) is 2.89. The molecule has 1 aliphatic heterocycles. The maximum absolute atomic E-state index is 6.29. The molecular formula is C17H17Cl2NO2. The van der Waals surface area contributed by atoms with Gasteiger partial charge in [0.25, 0.3) is 0 Å². The van der Waals surface area contributed by atoms with Crippen molar-refractivity contribution in [2.45, 2.75) is 12.5 Å². The van der Waals surface area contributed by atoms with E-state index in [0.29, 0.717) is 10.0 Å². The Hall–Kier alpha value is -1.42. The standard InChI is InChI=1S/C17H17Cl2NO2/c1-20-9-13-6-10-5-12(19)8-15(17(10)22-13)14-7-11(18)3-4-16(14)21-2/h3-5,7-8,13,20H,6,9H2,1-2H3. The molecule has 3 nitrogen and oxygen atoms in total. The largest absolute Gasteiger partial charge is 0.496 e. The molecule has 0 amide bonds. The van der Waals surface area contributed by atoms with Gasteiger partial charge >= 0.3 is 0 Å². The zero-order valence-corrected chi connectivity index (χ0v) is 14.0. The van der Waals surface area contributed by atoms with Crippen molar-refractivity contribution in [1.29, 1.82) is 0 Å². The molecule has 2 aromatic carbocycles. The van der Waals surface area contributed by atoms with Crippen LogP contribution in [-0.4, -0.2) is 26.8 Å². The van der Waals surface area contributed by atoms with Gasteiger partial charge in [-0.1, -0.05) is 23.2 Å². The summed E-state index contributed by atoms with van der Waals surface area (Å²) < 4.78 is 11.6. The smallest absolute Gasteiger partial charge is 0.131 e. The molecule has 0 bridgehead atoms. The number of likely N-dealkylation sites (N-methyl/N-ethyl adjacent to an activating group) is 1. The van der Waals surface area contributed by atoms with E-state index in [0.717, 1.165) is 41.2 Å². The van der Waals surface area contributed by atoms with Crippen molar-refractivity contribution in [2.24, 2.45) is 0 Å². The van der Waals surface area contributed by atoms with Gasteiger partial charge in [0.05, 0.1) is 7.11 Å². The monoisotopic (exact) mass is 337 g/mol. The molecule has 0 spiro atoms. The lowest BCUT2D eigenvalue weighted by molar-refractivity contribution is 0.232. The molecule has 0 aromatic heterocycles. The van der Waals surface area contributed by atoms with E-state index in [1.54, 1.807) is 13.2 Å². The van der Waals surface area contributed by atoms with E-state index in [-0.39, 0.29) is 6.10 Å². The Labute approximate surface area is 140 Å². The van der Waals surface area contributed by atoms with Gasteiger partial charge < -0.3 is 14.8 Å². The molecular weight excluding hydrogens is 321 g/mol. The molecule has 0 fully saturated rings. The summed E-state index contributed by atoms with van der Waals surface area (Å²) in [6, 6.07) is 9.40. The molecule has 1 aliphatic rings. The molecule has 1 atom stereocenters. The molecule has 2 aromatic rings. The maximum Gasteiger partial charge on any atom is 0.131 e. The first kappa shape index (κ1) is 15.5. The minimum atomic E-state index is 0.113. The normalized spacial score (nSPS) is 16.3. The van der Waals surface area contributed by atoms with Gasteiger partial charge in [0.2, 0.25) is 0 Å². The SMILES string of the molecule is CNCC1Cc2cc(Cl)cc(-c3cc(Cl)ccc3OC)c2O1. The highest BCUT2D eigenvalue weighted by Gasteiger charge is 2.27. The van der Waals surface area contributed by atoms with Crippen LogP contribution in [0.15, 0.2) is 30.3 Å². The van der Waals surface area contributed by atoms with Crippen LogP contribution in [0.2, 0.25) is 10.0 Å². The second-order valence-electron chi connectivity index (χ2n) is 5.29. The highest BCUT2D eigenvalue weighted by molar-refractivity contribution is 6.31. The van der Waals surface area contributed by atoms with Crippen molar-refractivity contribution in [3.8, 4) is 22.6 Å². The van der Waals surface area contributed by atoms with Crippen LogP contribution in [0.5, 0.6) is 11.5 Å². The lowest BCUT2D eigenvalue weighted by Gasteiger charge is -2.15. The van der Waals surface area contributed by atoms with Gasteiger partial charge in [-0.25, -0.2) is 0 Å². The maximum atomic E-state index is 6.29. The van der Waals surface area contributed by atoms with Crippen molar-refractivity contribution < 1.29 is 9.47 Å². The second kappa shape index (κ2) is 6.37. The molecule has 116 valence electrons. The predicted molar refractivity (Wildman–Crippen MR) is 90.5 cm³/mol. The van der Waals surface area contributed by atoms with Crippen LogP contribution in [0.1, 0.15) is 5.56 Å². The van der Waals surface area contributed by atoms with Crippen molar-refractivity contribution in [2.75, 3.05) is 20.7 Å². The zero-order valence-electron chi connectivity index (χ0n) is 12.5. The number of hydrogen-bond donors (Lipinski definition) is 1. The van der Waals surface area contributed by atoms with Crippen molar-refractivity contribution in [3.63, 3.8) is 0 Å². The van der Waals surface area contributed by atoms with Gasteiger partial charge in [0.15, 0.2) is 0 Å². The third-order valence-corrected chi connectivity index (χ3v) is 4.20.